The maximum absolute atomic E-state index is 5.91. The van der Waals surface area contributed by atoms with Crippen LogP contribution in [0.5, 0.6) is 0 Å². The number of nitrogens with zero attached hydrogens (tertiary/aromatic N) is 3. The number of thiazole rings is 1. The van der Waals surface area contributed by atoms with Crippen LogP contribution in [0.1, 0.15) is 37.6 Å². The molecule has 0 saturated carbocycles. The van der Waals surface area contributed by atoms with Gasteiger partial charge in [0.2, 0.25) is 0 Å². The molecule has 1 aromatic carbocycles. The highest BCUT2D eigenvalue weighted by Crippen LogP contribution is 2.18. The van der Waals surface area contributed by atoms with Gasteiger partial charge in [0.15, 0.2) is 11.1 Å². The summed E-state index contributed by atoms with van der Waals surface area (Å²) in [5.41, 5.74) is 2.20. The first-order valence-electron chi connectivity index (χ1n) is 9.40. The average molecular weight is 390 g/mol. The first-order chi connectivity index (χ1) is 13.1. The molecular formula is C20H31N5OS. The van der Waals surface area contributed by atoms with Gasteiger partial charge in [-0.25, -0.2) is 9.98 Å². The maximum Gasteiger partial charge on any atom is 0.191 e. The third-order valence-electron chi connectivity index (χ3n) is 3.92. The van der Waals surface area contributed by atoms with E-state index in [9.17, 15) is 0 Å². The first-order valence-corrected chi connectivity index (χ1v) is 10.3. The molecule has 2 rings (SSSR count). The third kappa shape index (κ3) is 7.56. The molecule has 0 radical (unpaired) electrons. The van der Waals surface area contributed by atoms with E-state index in [1.807, 2.05) is 37.2 Å². The summed E-state index contributed by atoms with van der Waals surface area (Å²) in [5, 5.41) is 9.69. The topological polar surface area (TPSA) is 61.8 Å². The molecule has 0 spiro atoms. The van der Waals surface area contributed by atoms with Gasteiger partial charge in [-0.05, 0) is 25.8 Å². The number of rotatable bonds is 10. The molecular weight excluding hydrogens is 358 g/mol. The van der Waals surface area contributed by atoms with Crippen molar-refractivity contribution in [2.45, 2.75) is 32.9 Å². The normalized spacial score (nSPS) is 12.7. The molecule has 0 bridgehead atoms. The fourth-order valence-corrected chi connectivity index (χ4v) is 3.18. The van der Waals surface area contributed by atoms with Crippen LogP contribution >= 0.6 is 11.3 Å². The molecule has 1 heterocycles. The summed E-state index contributed by atoms with van der Waals surface area (Å²) in [7, 11) is 4.00. The van der Waals surface area contributed by atoms with E-state index in [0.29, 0.717) is 13.2 Å². The zero-order valence-corrected chi connectivity index (χ0v) is 17.6. The number of aromatic nitrogens is 1. The van der Waals surface area contributed by atoms with Crippen LogP contribution in [0.2, 0.25) is 0 Å². The Morgan fingerprint density at radius 1 is 1.26 bits per heavy atom. The predicted octanol–water partition coefficient (Wildman–Crippen LogP) is 3.43. The van der Waals surface area contributed by atoms with Crippen LogP contribution in [0.25, 0.3) is 0 Å². The lowest BCUT2D eigenvalue weighted by Crippen LogP contribution is -2.38. The van der Waals surface area contributed by atoms with Crippen molar-refractivity contribution in [1.29, 1.82) is 0 Å². The zero-order chi connectivity index (χ0) is 19.5. The SMILES string of the molecule is CCNC(=NCc1csc(N(C)C)n1)NCCCOC(C)c1ccccc1. The quantitative estimate of drug-likeness (QED) is 0.370. The number of ether oxygens (including phenoxy) is 1. The highest BCUT2D eigenvalue weighted by atomic mass is 32.1. The molecule has 0 aliphatic carbocycles. The molecule has 27 heavy (non-hydrogen) atoms. The minimum absolute atomic E-state index is 0.115. The second-order valence-electron chi connectivity index (χ2n) is 6.42. The molecule has 0 aliphatic heterocycles. The summed E-state index contributed by atoms with van der Waals surface area (Å²) >= 11 is 1.64. The zero-order valence-electron chi connectivity index (χ0n) is 16.7. The van der Waals surface area contributed by atoms with Gasteiger partial charge in [0, 0.05) is 39.2 Å². The van der Waals surface area contributed by atoms with Gasteiger partial charge < -0.3 is 20.3 Å². The second-order valence-corrected chi connectivity index (χ2v) is 7.25. The van der Waals surface area contributed by atoms with Crippen molar-refractivity contribution in [1.82, 2.24) is 15.6 Å². The summed E-state index contributed by atoms with van der Waals surface area (Å²) in [6.45, 7) is 7.07. The van der Waals surface area contributed by atoms with Crippen molar-refractivity contribution in [2.24, 2.45) is 4.99 Å². The average Bonchev–Trinajstić information content (AvgIpc) is 3.15. The second kappa shape index (κ2) is 11.6. The van der Waals surface area contributed by atoms with E-state index in [-0.39, 0.29) is 6.10 Å². The van der Waals surface area contributed by atoms with Crippen LogP contribution in [-0.2, 0) is 11.3 Å². The van der Waals surface area contributed by atoms with Crippen LogP contribution in [-0.4, -0.2) is 44.7 Å². The number of hydrogen-bond donors (Lipinski definition) is 2. The number of benzene rings is 1. The van der Waals surface area contributed by atoms with Crippen LogP contribution in [0.4, 0.5) is 5.13 Å². The molecule has 148 valence electrons. The summed E-state index contributed by atoms with van der Waals surface area (Å²) in [4.78, 5) is 11.2. The van der Waals surface area contributed by atoms with E-state index in [1.54, 1.807) is 11.3 Å². The number of hydrogen-bond acceptors (Lipinski definition) is 5. The van der Waals surface area contributed by atoms with Crippen LogP contribution in [0.15, 0.2) is 40.7 Å². The van der Waals surface area contributed by atoms with E-state index in [2.05, 4.69) is 52.0 Å². The van der Waals surface area contributed by atoms with E-state index in [0.717, 1.165) is 36.3 Å². The predicted molar refractivity (Wildman–Crippen MR) is 115 cm³/mol. The molecule has 1 atom stereocenters. The Labute approximate surface area is 166 Å². The lowest BCUT2D eigenvalue weighted by atomic mass is 10.1. The molecule has 6 nitrogen and oxygen atoms in total. The van der Waals surface area contributed by atoms with E-state index in [4.69, 9.17) is 4.74 Å². The molecule has 7 heteroatoms. The minimum Gasteiger partial charge on any atom is -0.374 e. The van der Waals surface area contributed by atoms with Gasteiger partial charge >= 0.3 is 0 Å². The summed E-state index contributed by atoms with van der Waals surface area (Å²) in [6.07, 6.45) is 1.03. The van der Waals surface area contributed by atoms with E-state index < -0.39 is 0 Å². The molecule has 2 aromatic rings. The van der Waals surface area contributed by atoms with Crippen molar-refractivity contribution in [3.63, 3.8) is 0 Å². The van der Waals surface area contributed by atoms with E-state index in [1.165, 1.54) is 5.56 Å². The summed E-state index contributed by atoms with van der Waals surface area (Å²) < 4.78 is 5.91. The van der Waals surface area contributed by atoms with Crippen molar-refractivity contribution < 1.29 is 4.74 Å². The standard InChI is InChI=1S/C20H31N5OS/c1-5-21-19(23-14-18-15-27-20(24-18)25(3)4)22-12-9-13-26-16(2)17-10-7-6-8-11-17/h6-8,10-11,15-16H,5,9,12-14H2,1-4H3,(H2,21,22,23). The van der Waals surface area contributed by atoms with Crippen LogP contribution < -0.4 is 15.5 Å². The fourth-order valence-electron chi connectivity index (χ4n) is 2.44. The maximum atomic E-state index is 5.91. The van der Waals surface area contributed by atoms with E-state index >= 15 is 0 Å². The number of anilines is 1. The highest BCUT2D eigenvalue weighted by Gasteiger charge is 2.05. The Morgan fingerprint density at radius 2 is 2.04 bits per heavy atom. The van der Waals surface area contributed by atoms with Crippen LogP contribution in [0, 0.1) is 0 Å². The molecule has 0 saturated heterocycles. The minimum atomic E-state index is 0.115. The van der Waals surface area contributed by atoms with Gasteiger partial charge in [-0.15, -0.1) is 11.3 Å². The van der Waals surface area contributed by atoms with Gasteiger partial charge in [0.1, 0.15) is 0 Å². The Hall–Kier alpha value is -2.12. The lowest BCUT2D eigenvalue weighted by molar-refractivity contribution is 0.0646. The van der Waals surface area contributed by atoms with Gasteiger partial charge in [-0.2, -0.15) is 0 Å². The highest BCUT2D eigenvalue weighted by molar-refractivity contribution is 7.13. The van der Waals surface area contributed by atoms with Crippen LogP contribution in [0.3, 0.4) is 0 Å². The van der Waals surface area contributed by atoms with Crippen molar-refractivity contribution >= 4 is 22.4 Å². The molecule has 2 N–H and O–H groups in total. The lowest BCUT2D eigenvalue weighted by Gasteiger charge is -2.14. The molecule has 0 fully saturated rings. The first kappa shape index (κ1) is 21.2. The molecule has 1 aromatic heterocycles. The number of guanidine groups is 1. The molecule has 1 unspecified atom stereocenters. The number of nitrogens with one attached hydrogen (secondary N) is 2. The Bertz CT molecular complexity index is 687. The third-order valence-corrected chi connectivity index (χ3v) is 4.97. The summed E-state index contributed by atoms with van der Waals surface area (Å²) in [5.74, 6) is 0.813. The van der Waals surface area contributed by atoms with Crippen molar-refractivity contribution in [2.75, 3.05) is 38.7 Å². The molecule has 0 aliphatic rings. The number of aliphatic imine (C=N–C) groups is 1. The summed E-state index contributed by atoms with van der Waals surface area (Å²) in [6, 6.07) is 10.3. The molecule has 0 amide bonds. The largest absolute Gasteiger partial charge is 0.374 e. The Morgan fingerprint density at radius 3 is 2.70 bits per heavy atom. The Balaban J connectivity index is 1.71. The van der Waals surface area contributed by atoms with Gasteiger partial charge in [0.05, 0.1) is 18.3 Å². The fraction of sp³-hybridized carbons (Fsp3) is 0.500. The van der Waals surface area contributed by atoms with Gasteiger partial charge in [-0.3, -0.25) is 0 Å². The van der Waals surface area contributed by atoms with Crippen molar-refractivity contribution in [3.05, 3.63) is 47.0 Å². The monoisotopic (exact) mass is 389 g/mol. The van der Waals surface area contributed by atoms with Gasteiger partial charge in [-0.1, -0.05) is 30.3 Å². The van der Waals surface area contributed by atoms with Crippen molar-refractivity contribution in [3.8, 4) is 0 Å². The van der Waals surface area contributed by atoms with Gasteiger partial charge in [0.25, 0.3) is 0 Å². The Kier molecular flexibility index (Phi) is 9.07. The smallest absolute Gasteiger partial charge is 0.191 e.